The van der Waals surface area contributed by atoms with E-state index in [1.54, 1.807) is 11.3 Å². The molecule has 1 aromatic heterocycles. The lowest BCUT2D eigenvalue weighted by molar-refractivity contribution is 0.541. The van der Waals surface area contributed by atoms with Crippen LogP contribution < -0.4 is 10.2 Å². The van der Waals surface area contributed by atoms with Crippen molar-refractivity contribution in [1.82, 2.24) is 10.3 Å². The van der Waals surface area contributed by atoms with Crippen LogP contribution in [-0.2, 0) is 6.42 Å². The van der Waals surface area contributed by atoms with E-state index in [9.17, 15) is 0 Å². The Bertz CT molecular complexity index is 919. The Kier molecular flexibility index (Phi) is 5.02. The predicted octanol–water partition coefficient (Wildman–Crippen LogP) is 5.44. The molecule has 0 saturated carbocycles. The van der Waals surface area contributed by atoms with Gasteiger partial charge in [-0.15, -0.1) is 11.3 Å². The molecule has 0 aliphatic carbocycles. The number of nitrogens with zero attached hydrogens (tertiary/aromatic N) is 2. The second-order valence-corrected chi connectivity index (χ2v) is 8.83. The fourth-order valence-corrected chi connectivity index (χ4v) is 5.45. The molecule has 1 atom stereocenters. The zero-order valence-corrected chi connectivity index (χ0v) is 17.0. The lowest BCUT2D eigenvalue weighted by atomic mass is 10.1. The summed E-state index contributed by atoms with van der Waals surface area (Å²) in [7, 11) is 4.15. The molecule has 0 saturated heterocycles. The number of fused-ring (bicyclic) bond motifs is 2. The fourth-order valence-electron chi connectivity index (χ4n) is 3.35. The summed E-state index contributed by atoms with van der Waals surface area (Å²) in [6.07, 6.45) is 1.03. The third-order valence-electron chi connectivity index (χ3n) is 4.69. The fraction of sp³-hybridized carbons (Fsp3) is 0.286. The number of hydrogen-bond donors (Lipinski definition) is 1. The lowest BCUT2D eigenvalue weighted by Crippen LogP contribution is -2.17. The number of aromatic nitrogens is 1. The Morgan fingerprint density at radius 3 is 2.77 bits per heavy atom. The van der Waals surface area contributed by atoms with E-state index in [0.29, 0.717) is 5.92 Å². The Labute approximate surface area is 163 Å². The molecule has 3 nitrogen and oxygen atoms in total. The Morgan fingerprint density at radius 1 is 1.12 bits per heavy atom. The minimum absolute atomic E-state index is 0.599. The van der Waals surface area contributed by atoms with Crippen LogP contribution in [-0.4, -0.2) is 25.6 Å². The summed E-state index contributed by atoms with van der Waals surface area (Å²) < 4.78 is 0. The number of nitrogens with one attached hydrogen (secondary N) is 1. The van der Waals surface area contributed by atoms with Crippen LogP contribution in [0.4, 0.5) is 11.4 Å². The summed E-state index contributed by atoms with van der Waals surface area (Å²) in [6.45, 7) is 3.29. The van der Waals surface area contributed by atoms with E-state index in [2.05, 4.69) is 72.0 Å². The summed E-state index contributed by atoms with van der Waals surface area (Å²) in [6, 6.07) is 15.3. The predicted molar refractivity (Wildman–Crippen MR) is 113 cm³/mol. The number of anilines is 2. The van der Waals surface area contributed by atoms with E-state index in [0.717, 1.165) is 18.7 Å². The van der Waals surface area contributed by atoms with Gasteiger partial charge in [0.25, 0.3) is 0 Å². The zero-order valence-electron chi connectivity index (χ0n) is 15.3. The molecule has 2 aromatic carbocycles. The number of para-hydroxylation sites is 1. The summed E-state index contributed by atoms with van der Waals surface area (Å²) in [5.74, 6) is 0.599. The van der Waals surface area contributed by atoms with Crippen LogP contribution in [0.5, 0.6) is 0 Å². The SMILES string of the molecule is CNCC(C)Cc1nc(-c2ccc3c(c2)N(C)c2ccccc2S3)cs1. The first-order valence-electron chi connectivity index (χ1n) is 8.89. The van der Waals surface area contributed by atoms with Gasteiger partial charge < -0.3 is 10.2 Å². The Morgan fingerprint density at radius 2 is 1.92 bits per heavy atom. The van der Waals surface area contributed by atoms with Crippen molar-refractivity contribution in [2.24, 2.45) is 5.92 Å². The average molecular weight is 382 g/mol. The maximum atomic E-state index is 4.89. The van der Waals surface area contributed by atoms with Crippen molar-refractivity contribution in [2.75, 3.05) is 25.5 Å². The van der Waals surface area contributed by atoms with Gasteiger partial charge in [0.05, 0.1) is 22.1 Å². The molecule has 0 spiro atoms. The second kappa shape index (κ2) is 7.43. The van der Waals surface area contributed by atoms with Crippen molar-refractivity contribution in [2.45, 2.75) is 23.1 Å². The van der Waals surface area contributed by atoms with E-state index in [4.69, 9.17) is 4.98 Å². The van der Waals surface area contributed by atoms with E-state index in [1.807, 2.05) is 18.8 Å². The molecule has 0 bridgehead atoms. The van der Waals surface area contributed by atoms with Crippen LogP contribution in [0.2, 0.25) is 0 Å². The van der Waals surface area contributed by atoms with Crippen LogP contribution in [0.15, 0.2) is 57.6 Å². The topological polar surface area (TPSA) is 28.2 Å². The van der Waals surface area contributed by atoms with Gasteiger partial charge in [0.2, 0.25) is 0 Å². The maximum absolute atomic E-state index is 4.89. The highest BCUT2D eigenvalue weighted by molar-refractivity contribution is 7.99. The van der Waals surface area contributed by atoms with Crippen LogP contribution in [0.1, 0.15) is 11.9 Å². The van der Waals surface area contributed by atoms with Gasteiger partial charge in [0.1, 0.15) is 0 Å². The second-order valence-electron chi connectivity index (χ2n) is 6.80. The highest BCUT2D eigenvalue weighted by Crippen LogP contribution is 2.48. The first-order chi connectivity index (χ1) is 12.7. The van der Waals surface area contributed by atoms with E-state index in [-0.39, 0.29) is 0 Å². The summed E-state index contributed by atoms with van der Waals surface area (Å²) in [5.41, 5.74) is 4.80. The number of benzene rings is 2. The van der Waals surface area contributed by atoms with Gasteiger partial charge in [-0.1, -0.05) is 36.9 Å². The smallest absolute Gasteiger partial charge is 0.0935 e. The molecular formula is C21H23N3S2. The zero-order chi connectivity index (χ0) is 18.1. The number of rotatable bonds is 5. The van der Waals surface area contributed by atoms with Crippen LogP contribution in [0, 0.1) is 5.92 Å². The van der Waals surface area contributed by atoms with E-state index >= 15 is 0 Å². The molecule has 26 heavy (non-hydrogen) atoms. The molecule has 134 valence electrons. The maximum Gasteiger partial charge on any atom is 0.0935 e. The van der Waals surface area contributed by atoms with Crippen molar-refractivity contribution < 1.29 is 0 Å². The van der Waals surface area contributed by atoms with Gasteiger partial charge in [-0.05, 0) is 43.8 Å². The van der Waals surface area contributed by atoms with Gasteiger partial charge in [0, 0.05) is 34.2 Å². The van der Waals surface area contributed by atoms with E-state index in [1.165, 1.54) is 31.7 Å². The molecule has 0 radical (unpaired) electrons. The van der Waals surface area contributed by atoms with Crippen LogP contribution in [0.3, 0.4) is 0 Å². The molecule has 1 aliphatic heterocycles. The number of hydrogen-bond acceptors (Lipinski definition) is 5. The third kappa shape index (κ3) is 3.39. The van der Waals surface area contributed by atoms with Crippen molar-refractivity contribution in [3.8, 4) is 11.3 Å². The average Bonchev–Trinajstić information content (AvgIpc) is 3.10. The molecule has 5 heteroatoms. The highest BCUT2D eigenvalue weighted by Gasteiger charge is 2.21. The van der Waals surface area contributed by atoms with Crippen molar-refractivity contribution >= 4 is 34.5 Å². The van der Waals surface area contributed by atoms with Gasteiger partial charge >= 0.3 is 0 Å². The Balaban J connectivity index is 1.61. The molecule has 1 aliphatic rings. The molecule has 3 aromatic rings. The normalized spacial score (nSPS) is 14.0. The van der Waals surface area contributed by atoms with Crippen LogP contribution in [0.25, 0.3) is 11.3 Å². The molecule has 2 heterocycles. The number of thiazole rings is 1. The van der Waals surface area contributed by atoms with Crippen molar-refractivity contribution in [3.63, 3.8) is 0 Å². The monoisotopic (exact) mass is 381 g/mol. The Hall–Kier alpha value is -1.82. The molecule has 1 unspecified atom stereocenters. The van der Waals surface area contributed by atoms with Crippen LogP contribution >= 0.6 is 23.1 Å². The van der Waals surface area contributed by atoms with Gasteiger partial charge in [0.15, 0.2) is 0 Å². The molecule has 0 fully saturated rings. The molecule has 1 N–H and O–H groups in total. The summed E-state index contributed by atoms with van der Waals surface area (Å²) in [4.78, 5) is 9.78. The first-order valence-corrected chi connectivity index (χ1v) is 10.6. The minimum atomic E-state index is 0.599. The largest absolute Gasteiger partial charge is 0.343 e. The quantitative estimate of drug-likeness (QED) is 0.637. The third-order valence-corrected chi connectivity index (χ3v) is 6.69. The summed E-state index contributed by atoms with van der Waals surface area (Å²) >= 11 is 3.61. The van der Waals surface area contributed by atoms with Gasteiger partial charge in [-0.25, -0.2) is 4.98 Å². The molecular weight excluding hydrogens is 358 g/mol. The summed E-state index contributed by atoms with van der Waals surface area (Å²) in [5, 5.41) is 6.65. The minimum Gasteiger partial charge on any atom is -0.343 e. The van der Waals surface area contributed by atoms with Gasteiger partial charge in [-0.3, -0.25) is 0 Å². The standard InChI is InChI=1S/C21H23N3S2/c1-14(12-22-2)10-21-23-16(13-25-21)15-8-9-20-18(11-15)24(3)17-6-4-5-7-19(17)26-20/h4-9,11,13-14,22H,10,12H2,1-3H3. The van der Waals surface area contributed by atoms with Gasteiger partial charge in [-0.2, -0.15) is 0 Å². The van der Waals surface area contributed by atoms with Crippen molar-refractivity contribution in [1.29, 1.82) is 0 Å². The molecule has 0 amide bonds. The molecule has 4 rings (SSSR count). The van der Waals surface area contributed by atoms with Crippen molar-refractivity contribution in [3.05, 3.63) is 52.9 Å². The lowest BCUT2D eigenvalue weighted by Gasteiger charge is -2.29. The first kappa shape index (κ1) is 17.6. The van der Waals surface area contributed by atoms with E-state index < -0.39 is 0 Å². The highest BCUT2D eigenvalue weighted by atomic mass is 32.2.